The Kier molecular flexibility index (Phi) is 3.52. The van der Waals surface area contributed by atoms with Crippen LogP contribution in [0.3, 0.4) is 0 Å². The number of rotatable bonds is 3. The topological polar surface area (TPSA) is 61.3 Å². The summed E-state index contributed by atoms with van der Waals surface area (Å²) in [6.45, 7) is 1.32. The first kappa shape index (κ1) is 12.0. The summed E-state index contributed by atoms with van der Waals surface area (Å²) in [4.78, 5) is 19.3. The standard InChI is InChI=1S/C13H12N2O3/c1-9(16)18-13-12(10-6-4-3-5-7-10)15-11(17-2)8-14-13/h3-8H,1-2H3. The van der Waals surface area contributed by atoms with Gasteiger partial charge in [-0.25, -0.2) is 9.97 Å². The van der Waals surface area contributed by atoms with Crippen molar-refractivity contribution < 1.29 is 14.3 Å². The van der Waals surface area contributed by atoms with Crippen molar-refractivity contribution in [2.75, 3.05) is 7.11 Å². The van der Waals surface area contributed by atoms with Crippen molar-refractivity contribution >= 4 is 5.97 Å². The van der Waals surface area contributed by atoms with Gasteiger partial charge in [0.25, 0.3) is 0 Å². The molecule has 0 saturated heterocycles. The highest BCUT2D eigenvalue weighted by Gasteiger charge is 2.13. The molecule has 5 heteroatoms. The second-order valence-corrected chi connectivity index (χ2v) is 3.53. The summed E-state index contributed by atoms with van der Waals surface area (Å²) < 4.78 is 10.1. The van der Waals surface area contributed by atoms with Gasteiger partial charge in [0.2, 0.25) is 11.8 Å². The highest BCUT2D eigenvalue weighted by molar-refractivity contribution is 5.73. The number of hydrogen-bond donors (Lipinski definition) is 0. The van der Waals surface area contributed by atoms with Crippen LogP contribution in [0.5, 0.6) is 11.8 Å². The molecule has 0 saturated carbocycles. The Morgan fingerprint density at radius 3 is 2.56 bits per heavy atom. The molecule has 1 aromatic carbocycles. The van der Waals surface area contributed by atoms with Gasteiger partial charge in [-0.05, 0) is 0 Å². The number of carbonyl (C=O) groups is 1. The maximum atomic E-state index is 11.0. The molecule has 5 nitrogen and oxygen atoms in total. The Morgan fingerprint density at radius 1 is 1.22 bits per heavy atom. The fraction of sp³-hybridized carbons (Fsp3) is 0.154. The quantitative estimate of drug-likeness (QED) is 0.773. The molecule has 0 N–H and O–H groups in total. The molecule has 1 aromatic heterocycles. The molecule has 2 aromatic rings. The molecular weight excluding hydrogens is 232 g/mol. The summed E-state index contributed by atoms with van der Waals surface area (Å²) in [5.74, 6) is 0.103. The van der Waals surface area contributed by atoms with Gasteiger partial charge in [-0.3, -0.25) is 4.79 Å². The molecule has 0 aliphatic heterocycles. The summed E-state index contributed by atoms with van der Waals surface area (Å²) >= 11 is 0. The average molecular weight is 244 g/mol. The Morgan fingerprint density at radius 2 is 1.94 bits per heavy atom. The number of hydrogen-bond acceptors (Lipinski definition) is 5. The number of nitrogens with zero attached hydrogens (tertiary/aromatic N) is 2. The monoisotopic (exact) mass is 244 g/mol. The Bertz CT molecular complexity index is 555. The molecule has 0 unspecified atom stereocenters. The van der Waals surface area contributed by atoms with Gasteiger partial charge in [0.1, 0.15) is 5.69 Å². The van der Waals surface area contributed by atoms with E-state index in [0.717, 1.165) is 5.56 Å². The number of benzene rings is 1. The molecule has 0 aliphatic rings. The molecule has 1 heterocycles. The van der Waals surface area contributed by atoms with E-state index < -0.39 is 5.97 Å². The Balaban J connectivity index is 2.51. The fourth-order valence-electron chi connectivity index (χ4n) is 1.46. The van der Waals surface area contributed by atoms with Crippen LogP contribution in [0.25, 0.3) is 11.3 Å². The van der Waals surface area contributed by atoms with Gasteiger partial charge in [0, 0.05) is 12.5 Å². The van der Waals surface area contributed by atoms with E-state index >= 15 is 0 Å². The smallest absolute Gasteiger partial charge is 0.309 e. The van der Waals surface area contributed by atoms with Crippen LogP contribution in [-0.2, 0) is 4.79 Å². The van der Waals surface area contributed by atoms with E-state index in [1.807, 2.05) is 30.3 Å². The lowest BCUT2D eigenvalue weighted by Crippen LogP contribution is -2.06. The molecular formula is C13H12N2O3. The second kappa shape index (κ2) is 5.27. The molecule has 0 amide bonds. The van der Waals surface area contributed by atoms with Crippen LogP contribution in [0.15, 0.2) is 36.5 Å². The van der Waals surface area contributed by atoms with Crippen molar-refractivity contribution in [3.63, 3.8) is 0 Å². The molecule has 18 heavy (non-hydrogen) atoms. The van der Waals surface area contributed by atoms with Crippen molar-refractivity contribution in [1.82, 2.24) is 9.97 Å². The van der Waals surface area contributed by atoms with Gasteiger partial charge in [0.05, 0.1) is 13.3 Å². The van der Waals surface area contributed by atoms with Gasteiger partial charge < -0.3 is 9.47 Å². The van der Waals surface area contributed by atoms with Gasteiger partial charge in [-0.1, -0.05) is 30.3 Å². The fourth-order valence-corrected chi connectivity index (χ4v) is 1.46. The van der Waals surface area contributed by atoms with Crippen molar-refractivity contribution in [1.29, 1.82) is 0 Å². The zero-order chi connectivity index (χ0) is 13.0. The van der Waals surface area contributed by atoms with E-state index in [-0.39, 0.29) is 5.88 Å². The van der Waals surface area contributed by atoms with Crippen LogP contribution < -0.4 is 9.47 Å². The summed E-state index contributed by atoms with van der Waals surface area (Å²) in [5, 5.41) is 0. The van der Waals surface area contributed by atoms with Gasteiger partial charge >= 0.3 is 5.97 Å². The number of ether oxygens (including phenoxy) is 2. The largest absolute Gasteiger partial charge is 0.480 e. The minimum absolute atomic E-state index is 0.175. The first-order valence-electron chi connectivity index (χ1n) is 5.35. The molecule has 92 valence electrons. The summed E-state index contributed by atoms with van der Waals surface area (Å²) in [6.07, 6.45) is 1.41. The number of esters is 1. The van der Waals surface area contributed by atoms with Gasteiger partial charge in [-0.15, -0.1) is 0 Å². The summed E-state index contributed by atoms with van der Waals surface area (Å²) in [7, 11) is 1.50. The van der Waals surface area contributed by atoms with Crippen LogP contribution in [0.4, 0.5) is 0 Å². The van der Waals surface area contributed by atoms with Crippen LogP contribution >= 0.6 is 0 Å². The zero-order valence-electron chi connectivity index (χ0n) is 10.1. The van der Waals surface area contributed by atoms with Gasteiger partial charge in [-0.2, -0.15) is 0 Å². The SMILES string of the molecule is COc1cnc(OC(C)=O)c(-c2ccccc2)n1. The Labute approximate surface area is 104 Å². The Hall–Kier alpha value is -2.43. The van der Waals surface area contributed by atoms with Crippen LogP contribution in [-0.4, -0.2) is 23.0 Å². The first-order chi connectivity index (χ1) is 8.70. The lowest BCUT2D eigenvalue weighted by atomic mass is 10.1. The third kappa shape index (κ3) is 2.63. The average Bonchev–Trinajstić information content (AvgIpc) is 2.39. The molecule has 0 radical (unpaired) electrons. The molecule has 0 spiro atoms. The number of aromatic nitrogens is 2. The number of methoxy groups -OCH3 is 1. The van der Waals surface area contributed by atoms with E-state index in [0.29, 0.717) is 11.6 Å². The van der Waals surface area contributed by atoms with Gasteiger partial charge in [0.15, 0.2) is 0 Å². The molecule has 0 aliphatic carbocycles. The van der Waals surface area contributed by atoms with Crippen molar-refractivity contribution in [3.8, 4) is 23.0 Å². The maximum absolute atomic E-state index is 11.0. The van der Waals surface area contributed by atoms with Crippen LogP contribution in [0.1, 0.15) is 6.92 Å². The third-order valence-corrected chi connectivity index (χ3v) is 2.21. The normalized spacial score (nSPS) is 9.89. The second-order valence-electron chi connectivity index (χ2n) is 3.53. The van der Waals surface area contributed by atoms with E-state index in [4.69, 9.17) is 9.47 Å². The number of carbonyl (C=O) groups excluding carboxylic acids is 1. The highest BCUT2D eigenvalue weighted by Crippen LogP contribution is 2.27. The van der Waals surface area contributed by atoms with Crippen molar-refractivity contribution in [2.24, 2.45) is 0 Å². The van der Waals surface area contributed by atoms with E-state index in [9.17, 15) is 4.79 Å². The maximum Gasteiger partial charge on any atom is 0.309 e. The molecule has 0 fully saturated rings. The third-order valence-electron chi connectivity index (χ3n) is 2.21. The van der Waals surface area contributed by atoms with Crippen LogP contribution in [0, 0.1) is 0 Å². The predicted octanol–water partition coefficient (Wildman–Crippen LogP) is 2.08. The lowest BCUT2D eigenvalue weighted by Gasteiger charge is -2.08. The zero-order valence-corrected chi connectivity index (χ0v) is 10.1. The van der Waals surface area contributed by atoms with E-state index in [1.54, 1.807) is 0 Å². The van der Waals surface area contributed by atoms with E-state index in [1.165, 1.54) is 20.2 Å². The minimum atomic E-state index is -0.438. The van der Waals surface area contributed by atoms with Crippen molar-refractivity contribution in [3.05, 3.63) is 36.5 Å². The molecule has 0 atom stereocenters. The lowest BCUT2D eigenvalue weighted by molar-refractivity contribution is -0.132. The predicted molar refractivity (Wildman–Crippen MR) is 65.3 cm³/mol. The first-order valence-corrected chi connectivity index (χ1v) is 5.35. The summed E-state index contributed by atoms with van der Waals surface area (Å²) in [6, 6.07) is 9.34. The van der Waals surface area contributed by atoms with Crippen molar-refractivity contribution in [2.45, 2.75) is 6.92 Å². The minimum Gasteiger partial charge on any atom is -0.480 e. The van der Waals surface area contributed by atoms with E-state index in [2.05, 4.69) is 9.97 Å². The molecule has 0 bridgehead atoms. The highest BCUT2D eigenvalue weighted by atomic mass is 16.5. The molecule has 2 rings (SSSR count). The summed E-state index contributed by atoms with van der Waals surface area (Å²) in [5.41, 5.74) is 1.28. The van der Waals surface area contributed by atoms with Crippen LogP contribution in [0.2, 0.25) is 0 Å².